The molecule has 62 valence electrons. The van der Waals surface area contributed by atoms with Crippen LogP contribution in [0.1, 0.15) is 0 Å². The van der Waals surface area contributed by atoms with Gasteiger partial charge in [0.15, 0.2) is 5.11 Å². The normalized spacial score (nSPS) is 8.36. The lowest BCUT2D eigenvalue weighted by molar-refractivity contribution is -0.135. The van der Waals surface area contributed by atoms with Crippen LogP contribution in [0.2, 0.25) is 0 Å². The van der Waals surface area contributed by atoms with Gasteiger partial charge < -0.3 is 15.7 Å². The topological polar surface area (TPSA) is 61.4 Å². The highest BCUT2D eigenvalue weighted by molar-refractivity contribution is 7.80. The molecule has 0 aromatic rings. The number of rotatable bonds is 4. The van der Waals surface area contributed by atoms with Gasteiger partial charge in [0, 0.05) is 6.54 Å². The molecule has 0 amide bonds. The SMILES string of the molecule is C=CCNC(=S)NCC(=O)O. The van der Waals surface area contributed by atoms with Crippen LogP contribution in [0.15, 0.2) is 12.7 Å². The summed E-state index contributed by atoms with van der Waals surface area (Å²) in [5.41, 5.74) is 0. The van der Waals surface area contributed by atoms with Gasteiger partial charge in [0.2, 0.25) is 0 Å². The van der Waals surface area contributed by atoms with Gasteiger partial charge in [-0.1, -0.05) is 6.08 Å². The predicted molar refractivity (Wildman–Crippen MR) is 46.4 cm³/mol. The zero-order valence-electron chi connectivity index (χ0n) is 5.96. The molecule has 0 saturated heterocycles. The molecule has 0 aliphatic carbocycles. The third-order valence-electron chi connectivity index (χ3n) is 0.807. The van der Waals surface area contributed by atoms with E-state index in [9.17, 15) is 4.79 Å². The minimum absolute atomic E-state index is 0.164. The predicted octanol–water partition coefficient (Wildman–Crippen LogP) is -0.279. The standard InChI is InChI=1S/C6H10N2O2S/c1-2-3-7-6(11)8-4-5(9)10/h2H,1,3-4H2,(H,9,10)(H2,7,8,11). The van der Waals surface area contributed by atoms with Gasteiger partial charge in [0.05, 0.1) is 0 Å². The van der Waals surface area contributed by atoms with Crippen molar-refractivity contribution in [3.8, 4) is 0 Å². The first-order valence-corrected chi connectivity index (χ1v) is 3.42. The molecule has 3 N–H and O–H groups in total. The number of carboxylic acids is 1. The van der Waals surface area contributed by atoms with Crippen LogP contribution >= 0.6 is 12.2 Å². The van der Waals surface area contributed by atoms with Crippen LogP contribution in [0.4, 0.5) is 0 Å². The second-order valence-corrected chi connectivity index (χ2v) is 2.15. The molecule has 0 aromatic carbocycles. The Morgan fingerprint density at radius 1 is 1.64 bits per heavy atom. The molecule has 0 aliphatic rings. The van der Waals surface area contributed by atoms with Crippen LogP contribution in [0.3, 0.4) is 0 Å². The monoisotopic (exact) mass is 174 g/mol. The Morgan fingerprint density at radius 2 is 2.27 bits per heavy atom. The van der Waals surface area contributed by atoms with Crippen LogP contribution < -0.4 is 10.6 Å². The lowest BCUT2D eigenvalue weighted by Crippen LogP contribution is -2.38. The fraction of sp³-hybridized carbons (Fsp3) is 0.333. The highest BCUT2D eigenvalue weighted by Gasteiger charge is 1.96. The van der Waals surface area contributed by atoms with Gasteiger partial charge in [0.1, 0.15) is 6.54 Å². The fourth-order valence-corrected chi connectivity index (χ4v) is 0.539. The summed E-state index contributed by atoms with van der Waals surface area (Å²) < 4.78 is 0. The highest BCUT2D eigenvalue weighted by Crippen LogP contribution is 1.67. The van der Waals surface area contributed by atoms with E-state index in [1.807, 2.05) is 0 Å². The third kappa shape index (κ3) is 6.79. The van der Waals surface area contributed by atoms with Gasteiger partial charge in [-0.3, -0.25) is 4.79 Å². The van der Waals surface area contributed by atoms with Gasteiger partial charge in [-0.25, -0.2) is 0 Å². The molecular formula is C6H10N2O2S. The zero-order valence-corrected chi connectivity index (χ0v) is 6.78. The van der Waals surface area contributed by atoms with Crippen molar-refractivity contribution in [2.45, 2.75) is 0 Å². The molecular weight excluding hydrogens is 164 g/mol. The Balaban J connectivity index is 3.37. The van der Waals surface area contributed by atoms with E-state index in [1.165, 1.54) is 0 Å². The summed E-state index contributed by atoms with van der Waals surface area (Å²) in [7, 11) is 0. The molecule has 11 heavy (non-hydrogen) atoms. The zero-order chi connectivity index (χ0) is 8.69. The molecule has 5 heteroatoms. The van der Waals surface area contributed by atoms with E-state index in [0.29, 0.717) is 11.7 Å². The lowest BCUT2D eigenvalue weighted by Gasteiger charge is -2.05. The maximum absolute atomic E-state index is 10.0. The van der Waals surface area contributed by atoms with E-state index < -0.39 is 5.97 Å². The number of hydrogen-bond donors (Lipinski definition) is 3. The lowest BCUT2D eigenvalue weighted by atomic mass is 10.6. The van der Waals surface area contributed by atoms with Crippen molar-refractivity contribution in [2.24, 2.45) is 0 Å². The molecule has 0 unspecified atom stereocenters. The molecule has 0 radical (unpaired) electrons. The summed E-state index contributed by atoms with van der Waals surface area (Å²) in [5, 5.41) is 13.8. The van der Waals surface area contributed by atoms with Crippen LogP contribution in [-0.2, 0) is 4.79 Å². The number of aliphatic carboxylic acids is 1. The fourth-order valence-electron chi connectivity index (χ4n) is 0.383. The molecule has 0 fully saturated rings. The van der Waals surface area contributed by atoms with Gasteiger partial charge in [-0.15, -0.1) is 6.58 Å². The first-order valence-electron chi connectivity index (χ1n) is 3.01. The Hall–Kier alpha value is -1.10. The van der Waals surface area contributed by atoms with Crippen molar-refractivity contribution in [3.63, 3.8) is 0 Å². The van der Waals surface area contributed by atoms with E-state index in [1.54, 1.807) is 6.08 Å². The van der Waals surface area contributed by atoms with Crippen LogP contribution in [0.5, 0.6) is 0 Å². The van der Waals surface area contributed by atoms with Crippen molar-refractivity contribution in [1.29, 1.82) is 0 Å². The molecule has 0 bridgehead atoms. The van der Waals surface area contributed by atoms with Crippen molar-refractivity contribution >= 4 is 23.3 Å². The summed E-state index contributed by atoms with van der Waals surface area (Å²) >= 11 is 4.70. The maximum atomic E-state index is 10.0. The van der Waals surface area contributed by atoms with Gasteiger partial charge >= 0.3 is 5.97 Å². The van der Waals surface area contributed by atoms with Gasteiger partial charge in [-0.2, -0.15) is 0 Å². The largest absolute Gasteiger partial charge is 0.480 e. The van der Waals surface area contributed by atoms with E-state index in [0.717, 1.165) is 0 Å². The van der Waals surface area contributed by atoms with E-state index in [-0.39, 0.29) is 6.54 Å². The third-order valence-corrected chi connectivity index (χ3v) is 1.10. The minimum atomic E-state index is -0.937. The van der Waals surface area contributed by atoms with E-state index in [4.69, 9.17) is 17.3 Å². The average molecular weight is 174 g/mol. The van der Waals surface area contributed by atoms with Crippen LogP contribution in [0, 0.1) is 0 Å². The molecule has 0 spiro atoms. The Labute approximate surface area is 70.3 Å². The molecule has 0 aliphatic heterocycles. The maximum Gasteiger partial charge on any atom is 0.322 e. The van der Waals surface area contributed by atoms with E-state index >= 15 is 0 Å². The van der Waals surface area contributed by atoms with Gasteiger partial charge in [0.25, 0.3) is 0 Å². The second kappa shape index (κ2) is 5.67. The summed E-state index contributed by atoms with van der Waals surface area (Å²) in [4.78, 5) is 10.0. The summed E-state index contributed by atoms with van der Waals surface area (Å²) in [5.74, 6) is -0.937. The molecule has 0 saturated carbocycles. The molecule has 4 nitrogen and oxygen atoms in total. The minimum Gasteiger partial charge on any atom is -0.480 e. The highest BCUT2D eigenvalue weighted by atomic mass is 32.1. The van der Waals surface area contributed by atoms with Crippen molar-refractivity contribution in [1.82, 2.24) is 10.6 Å². The summed E-state index contributed by atoms with van der Waals surface area (Å²) in [6.45, 7) is 3.83. The number of thiocarbonyl (C=S) groups is 1. The summed E-state index contributed by atoms with van der Waals surface area (Å²) in [6, 6.07) is 0. The number of carboxylic acid groups (broad SMARTS) is 1. The van der Waals surface area contributed by atoms with Crippen molar-refractivity contribution < 1.29 is 9.90 Å². The second-order valence-electron chi connectivity index (χ2n) is 1.75. The van der Waals surface area contributed by atoms with Crippen molar-refractivity contribution in [3.05, 3.63) is 12.7 Å². The Morgan fingerprint density at radius 3 is 2.73 bits per heavy atom. The molecule has 0 heterocycles. The number of nitrogens with one attached hydrogen (secondary N) is 2. The number of carbonyl (C=O) groups is 1. The quantitative estimate of drug-likeness (QED) is 0.404. The first kappa shape index (κ1) is 9.90. The van der Waals surface area contributed by atoms with Gasteiger partial charge in [-0.05, 0) is 12.2 Å². The van der Waals surface area contributed by atoms with Crippen LogP contribution in [-0.4, -0.2) is 29.3 Å². The van der Waals surface area contributed by atoms with E-state index in [2.05, 4.69) is 17.2 Å². The molecule has 0 atom stereocenters. The molecule has 0 rings (SSSR count). The number of hydrogen-bond acceptors (Lipinski definition) is 2. The first-order chi connectivity index (χ1) is 5.16. The van der Waals surface area contributed by atoms with Crippen molar-refractivity contribution in [2.75, 3.05) is 13.1 Å². The Bertz CT molecular complexity index is 170. The Kier molecular flexibility index (Phi) is 5.10. The molecule has 0 aromatic heterocycles. The summed E-state index contributed by atoms with van der Waals surface area (Å²) in [6.07, 6.45) is 1.63. The average Bonchev–Trinajstić information content (AvgIpc) is 1.97. The smallest absolute Gasteiger partial charge is 0.322 e. The van der Waals surface area contributed by atoms with Crippen LogP contribution in [0.25, 0.3) is 0 Å².